The van der Waals surface area contributed by atoms with Gasteiger partial charge in [0.15, 0.2) is 0 Å². The molecule has 1 aromatic heterocycles. The van der Waals surface area contributed by atoms with Gasteiger partial charge in [-0.05, 0) is 73.2 Å². The van der Waals surface area contributed by atoms with Gasteiger partial charge in [-0.25, -0.2) is 4.98 Å². The fourth-order valence-corrected chi connectivity index (χ4v) is 4.05. The van der Waals surface area contributed by atoms with Gasteiger partial charge in [-0.1, -0.05) is 5.18 Å². The van der Waals surface area contributed by atoms with Crippen LogP contribution in [0.15, 0.2) is 41.6 Å². The van der Waals surface area contributed by atoms with Gasteiger partial charge in [0.2, 0.25) is 0 Å². The maximum atomic E-state index is 10.4. The summed E-state index contributed by atoms with van der Waals surface area (Å²) in [6.45, 7) is 0.628. The first-order valence-electron chi connectivity index (χ1n) is 9.54. The fourth-order valence-electron chi connectivity index (χ4n) is 4.05. The van der Waals surface area contributed by atoms with Crippen LogP contribution in [0.4, 0.5) is 5.69 Å². The number of anilines is 1. The summed E-state index contributed by atoms with van der Waals surface area (Å²) in [6.07, 6.45) is 5.52. The molecule has 0 radical (unpaired) electrons. The smallest absolute Gasteiger partial charge is 0.115 e. The molecule has 0 spiro atoms. The number of nitroso groups, excluding NO2 is 1. The molecule has 2 aromatic carbocycles. The molecule has 0 saturated heterocycles. The predicted octanol–water partition coefficient (Wildman–Crippen LogP) is 4.66. The lowest BCUT2D eigenvalue weighted by atomic mass is 9.85. The number of rotatable bonds is 6. The van der Waals surface area contributed by atoms with Gasteiger partial charge in [0.1, 0.15) is 5.75 Å². The number of benzene rings is 2. The molecule has 0 fully saturated rings. The highest BCUT2D eigenvalue weighted by molar-refractivity contribution is 6.05. The van der Waals surface area contributed by atoms with E-state index >= 15 is 0 Å². The second kappa shape index (κ2) is 7.76. The molecule has 0 unspecified atom stereocenters. The third-order valence-corrected chi connectivity index (χ3v) is 5.31. The largest absolute Gasteiger partial charge is 0.508 e. The number of aromatic hydroxyl groups is 1. The van der Waals surface area contributed by atoms with Gasteiger partial charge in [0.05, 0.1) is 17.8 Å². The lowest BCUT2D eigenvalue weighted by Crippen LogP contribution is -2.11. The maximum absolute atomic E-state index is 10.4. The molecule has 1 aliphatic carbocycles. The van der Waals surface area contributed by atoms with Crippen LogP contribution in [-0.2, 0) is 12.8 Å². The summed E-state index contributed by atoms with van der Waals surface area (Å²) in [6, 6.07) is 11.1. The minimum Gasteiger partial charge on any atom is -0.508 e. The number of nitrogens with one attached hydrogen (secondary N) is 2. The normalized spacial score (nSPS) is 13.1. The van der Waals surface area contributed by atoms with Crippen LogP contribution in [0, 0.1) is 10.3 Å². The van der Waals surface area contributed by atoms with Crippen molar-refractivity contribution in [3.8, 4) is 17.0 Å². The third-order valence-electron chi connectivity index (χ3n) is 5.31. The highest BCUT2D eigenvalue weighted by atomic mass is 16.3. The number of pyridine rings is 1. The van der Waals surface area contributed by atoms with Gasteiger partial charge in [-0.15, -0.1) is 0 Å². The Morgan fingerprint density at radius 2 is 1.86 bits per heavy atom. The molecule has 3 N–H and O–H groups in total. The zero-order chi connectivity index (χ0) is 19.5. The minimum atomic E-state index is 0.186. The molecule has 0 bridgehead atoms. The third kappa shape index (κ3) is 3.22. The lowest BCUT2D eigenvalue weighted by molar-refractivity contribution is 0.475. The molecule has 0 atom stereocenters. The highest BCUT2D eigenvalue weighted by Crippen LogP contribution is 2.38. The van der Waals surface area contributed by atoms with Crippen molar-refractivity contribution < 1.29 is 5.11 Å². The molecule has 0 amide bonds. The molecular formula is C22H22N4O2. The summed E-state index contributed by atoms with van der Waals surface area (Å²) in [7, 11) is 0. The van der Waals surface area contributed by atoms with Crippen LogP contribution in [0.2, 0.25) is 0 Å². The van der Waals surface area contributed by atoms with Gasteiger partial charge >= 0.3 is 0 Å². The molecule has 6 nitrogen and oxygen atoms in total. The first-order chi connectivity index (χ1) is 13.7. The average molecular weight is 374 g/mol. The van der Waals surface area contributed by atoms with Crippen LogP contribution >= 0.6 is 0 Å². The molecule has 4 rings (SSSR count). The molecule has 142 valence electrons. The maximum Gasteiger partial charge on any atom is 0.115 e. The molecule has 1 heterocycles. The van der Waals surface area contributed by atoms with Crippen LogP contribution in [0.25, 0.3) is 22.2 Å². The second-order valence-corrected chi connectivity index (χ2v) is 7.02. The molecule has 6 heteroatoms. The second-order valence-electron chi connectivity index (χ2n) is 7.02. The Morgan fingerprint density at radius 1 is 1.11 bits per heavy atom. The zero-order valence-electron chi connectivity index (χ0n) is 15.5. The fraction of sp³-hybridized carbons (Fsp3) is 0.273. The molecular weight excluding hydrogens is 352 g/mol. The van der Waals surface area contributed by atoms with Crippen LogP contribution in [0.1, 0.15) is 29.5 Å². The quantitative estimate of drug-likeness (QED) is 0.332. The Hall–Kier alpha value is -3.28. The standard InChI is InChI=1S/C22H22N4O2/c23-13-18-19(24-11-12-25-28)9-10-20-21(18)16-3-1-2-4-17(16)22(26-20)14-5-7-15(27)8-6-14/h5-10,13,23-24,27H,1-4,11-12H2. The predicted molar refractivity (Wildman–Crippen MR) is 113 cm³/mol. The molecule has 0 saturated carbocycles. The average Bonchev–Trinajstić information content (AvgIpc) is 2.73. The summed E-state index contributed by atoms with van der Waals surface area (Å²) in [5.41, 5.74) is 6.96. The van der Waals surface area contributed by atoms with E-state index in [1.165, 1.54) is 17.3 Å². The van der Waals surface area contributed by atoms with Gasteiger partial charge in [-0.3, -0.25) is 0 Å². The number of aryl methyl sites for hydroxylation is 1. The number of hydrogen-bond donors (Lipinski definition) is 3. The van der Waals surface area contributed by atoms with E-state index in [1.807, 2.05) is 24.3 Å². The molecule has 3 aromatic rings. The Bertz CT molecular complexity index is 1040. The van der Waals surface area contributed by atoms with Crippen molar-refractivity contribution in [2.75, 3.05) is 18.4 Å². The Balaban J connectivity index is 1.93. The SMILES string of the molecule is N=Cc1c(NCCN=O)ccc2nc(-c3ccc(O)cc3)c3c(c12)CCCC3. The number of hydrogen-bond acceptors (Lipinski definition) is 6. The number of fused-ring (bicyclic) bond motifs is 3. The minimum absolute atomic E-state index is 0.186. The Labute approximate surface area is 163 Å². The number of phenolic OH excluding ortho intramolecular Hbond substituents is 1. The van der Waals surface area contributed by atoms with Crippen molar-refractivity contribution in [1.82, 2.24) is 4.98 Å². The first kappa shape index (κ1) is 18.1. The van der Waals surface area contributed by atoms with Crippen LogP contribution in [0.5, 0.6) is 5.75 Å². The van der Waals surface area contributed by atoms with Crippen molar-refractivity contribution in [3.05, 3.63) is 58.0 Å². The van der Waals surface area contributed by atoms with E-state index in [1.54, 1.807) is 12.1 Å². The van der Waals surface area contributed by atoms with Crippen LogP contribution in [0.3, 0.4) is 0 Å². The van der Waals surface area contributed by atoms with E-state index in [-0.39, 0.29) is 12.3 Å². The topological polar surface area (TPSA) is 98.4 Å². The molecule has 28 heavy (non-hydrogen) atoms. The summed E-state index contributed by atoms with van der Waals surface area (Å²) < 4.78 is 0. The van der Waals surface area contributed by atoms with E-state index in [9.17, 15) is 10.0 Å². The van der Waals surface area contributed by atoms with Gasteiger partial charge < -0.3 is 15.8 Å². The van der Waals surface area contributed by atoms with E-state index in [0.29, 0.717) is 6.54 Å². The molecule has 1 aliphatic rings. The summed E-state index contributed by atoms with van der Waals surface area (Å²) in [5.74, 6) is 0.241. The first-order valence-corrected chi connectivity index (χ1v) is 9.54. The molecule has 0 aliphatic heterocycles. The Morgan fingerprint density at radius 3 is 2.57 bits per heavy atom. The zero-order valence-corrected chi connectivity index (χ0v) is 15.5. The van der Waals surface area contributed by atoms with E-state index in [0.717, 1.165) is 59.1 Å². The number of nitrogens with zero attached hydrogens (tertiary/aromatic N) is 2. The number of phenols is 1. The lowest BCUT2D eigenvalue weighted by Gasteiger charge is -2.23. The number of aromatic nitrogens is 1. The van der Waals surface area contributed by atoms with Crippen molar-refractivity contribution in [3.63, 3.8) is 0 Å². The van der Waals surface area contributed by atoms with Gasteiger partial charge in [0, 0.05) is 35.0 Å². The highest BCUT2D eigenvalue weighted by Gasteiger charge is 2.21. The Kier molecular flexibility index (Phi) is 5.02. The summed E-state index contributed by atoms with van der Waals surface area (Å²) in [5, 5.41) is 24.8. The van der Waals surface area contributed by atoms with Gasteiger partial charge in [0.25, 0.3) is 0 Å². The van der Waals surface area contributed by atoms with Crippen molar-refractivity contribution in [2.24, 2.45) is 5.18 Å². The van der Waals surface area contributed by atoms with Crippen LogP contribution in [-0.4, -0.2) is 29.4 Å². The monoisotopic (exact) mass is 374 g/mol. The van der Waals surface area contributed by atoms with Crippen molar-refractivity contribution in [2.45, 2.75) is 25.7 Å². The summed E-state index contributed by atoms with van der Waals surface area (Å²) in [4.78, 5) is 15.3. The van der Waals surface area contributed by atoms with Gasteiger partial charge in [-0.2, -0.15) is 4.91 Å². The van der Waals surface area contributed by atoms with E-state index < -0.39 is 0 Å². The summed E-state index contributed by atoms with van der Waals surface area (Å²) >= 11 is 0. The van der Waals surface area contributed by atoms with E-state index in [4.69, 9.17) is 10.4 Å². The van der Waals surface area contributed by atoms with Crippen LogP contribution < -0.4 is 5.32 Å². The van der Waals surface area contributed by atoms with Crippen molar-refractivity contribution >= 4 is 22.8 Å². The van der Waals surface area contributed by atoms with E-state index in [2.05, 4.69) is 10.5 Å². The van der Waals surface area contributed by atoms with Crippen molar-refractivity contribution in [1.29, 1.82) is 5.41 Å².